The van der Waals surface area contributed by atoms with Crippen molar-refractivity contribution in [1.29, 1.82) is 0 Å². The fourth-order valence-corrected chi connectivity index (χ4v) is 4.86. The smallest absolute Gasteiger partial charge is 0.165 e. The van der Waals surface area contributed by atoms with Gasteiger partial charge in [0.25, 0.3) is 0 Å². The van der Waals surface area contributed by atoms with Gasteiger partial charge in [-0.25, -0.2) is 17.2 Å². The van der Waals surface area contributed by atoms with Crippen LogP contribution in [0.15, 0.2) is 41.5 Å². The van der Waals surface area contributed by atoms with Crippen LogP contribution in [-0.4, -0.2) is 29.7 Å². The summed E-state index contributed by atoms with van der Waals surface area (Å²) in [5.74, 6) is -1.81. The van der Waals surface area contributed by atoms with E-state index >= 15 is 0 Å². The molecule has 1 aliphatic rings. The summed E-state index contributed by atoms with van der Waals surface area (Å²) in [6, 6.07) is 6.82. The first-order chi connectivity index (χ1) is 13.4. The summed E-state index contributed by atoms with van der Waals surface area (Å²) in [6.45, 7) is 4.42. The molecule has 0 fully saturated rings. The summed E-state index contributed by atoms with van der Waals surface area (Å²) in [7, 11) is -3.70. The van der Waals surface area contributed by atoms with Crippen LogP contribution in [0.1, 0.15) is 37.6 Å². The second-order valence-electron chi connectivity index (χ2n) is 7.63. The largest absolute Gasteiger partial charge is 0.386 e. The fourth-order valence-electron chi connectivity index (χ4n) is 3.06. The highest BCUT2D eigenvalue weighted by Crippen LogP contribution is 2.38. The van der Waals surface area contributed by atoms with Gasteiger partial charge < -0.3 is 5.73 Å². The van der Waals surface area contributed by atoms with Crippen molar-refractivity contribution in [2.75, 3.05) is 5.75 Å². The predicted molar refractivity (Wildman–Crippen MR) is 111 cm³/mol. The van der Waals surface area contributed by atoms with Gasteiger partial charge in [0.05, 0.1) is 16.5 Å². The topological polar surface area (TPSA) is 85.4 Å². The van der Waals surface area contributed by atoms with Crippen molar-refractivity contribution in [1.82, 2.24) is 4.98 Å². The second kappa shape index (κ2) is 7.18. The maximum Gasteiger partial charge on any atom is 0.165 e. The molecular weight excluding hydrogens is 420 g/mol. The summed E-state index contributed by atoms with van der Waals surface area (Å²) >= 11 is 5.75. The number of aromatic nitrogens is 1. The van der Waals surface area contributed by atoms with Gasteiger partial charge in [-0.3, -0.25) is 9.98 Å². The van der Waals surface area contributed by atoms with Crippen molar-refractivity contribution in [2.45, 2.75) is 31.1 Å². The summed E-state index contributed by atoms with van der Waals surface area (Å²) < 4.78 is 53.2. The minimum atomic E-state index is -3.70. The number of hydrogen-bond acceptors (Lipinski definition) is 5. The molecule has 5 nitrogen and oxygen atoms in total. The number of rotatable bonds is 3. The number of nitrogens with two attached hydrogens (primary N) is 1. The van der Waals surface area contributed by atoms with E-state index in [-0.39, 0.29) is 17.1 Å². The molecule has 1 aromatic heterocycles. The highest BCUT2D eigenvalue weighted by molar-refractivity contribution is 7.93. The third-order valence-electron chi connectivity index (χ3n) is 5.07. The van der Waals surface area contributed by atoms with Gasteiger partial charge in [0, 0.05) is 11.8 Å². The van der Waals surface area contributed by atoms with Crippen molar-refractivity contribution >= 4 is 39.2 Å². The van der Waals surface area contributed by atoms with Gasteiger partial charge in [0.1, 0.15) is 27.8 Å². The van der Waals surface area contributed by atoms with Crippen molar-refractivity contribution in [3.8, 4) is 0 Å². The number of aliphatic imine (C=N–C) groups is 1. The molecule has 1 unspecified atom stereocenters. The molecule has 3 rings (SSSR count). The molecule has 0 saturated heterocycles. The third kappa shape index (κ3) is 3.91. The SMILES string of the molecule is CC1(c2cc(C=C(F)c3ccc(Cl)cn3)ccc2F)CS(=O)(=O)C(C)(C)C(N)=N1. The molecule has 1 aliphatic heterocycles. The van der Waals surface area contributed by atoms with Crippen LogP contribution in [0.2, 0.25) is 5.02 Å². The summed E-state index contributed by atoms with van der Waals surface area (Å²) in [4.78, 5) is 8.21. The fraction of sp³-hybridized carbons (Fsp3) is 0.300. The van der Waals surface area contributed by atoms with Crippen LogP contribution in [0, 0.1) is 5.82 Å². The van der Waals surface area contributed by atoms with E-state index in [0.29, 0.717) is 10.6 Å². The Balaban J connectivity index is 2.07. The number of nitrogens with zero attached hydrogens (tertiary/aromatic N) is 2. The standard InChI is InChI=1S/C20H20ClF2N3O2S/c1-19(2)18(24)26-20(3,11-29(19,27)28)14-8-12(4-6-15(14)22)9-16(23)17-7-5-13(21)10-25-17/h4-10H,11H2,1-3H3,(H2,24,26). The molecule has 2 aromatic rings. The Labute approximate surface area is 173 Å². The van der Waals surface area contributed by atoms with Crippen LogP contribution in [0.25, 0.3) is 11.9 Å². The second-order valence-corrected chi connectivity index (χ2v) is 10.6. The molecule has 1 atom stereocenters. The Morgan fingerprint density at radius 2 is 1.93 bits per heavy atom. The van der Waals surface area contributed by atoms with E-state index in [2.05, 4.69) is 9.98 Å². The van der Waals surface area contributed by atoms with Crippen molar-refractivity contribution in [3.63, 3.8) is 0 Å². The Hall–Kier alpha value is -2.32. The lowest BCUT2D eigenvalue weighted by atomic mass is 9.91. The normalized spacial score (nSPS) is 23.5. The minimum Gasteiger partial charge on any atom is -0.386 e. The maximum atomic E-state index is 14.6. The molecule has 0 aliphatic carbocycles. The summed E-state index contributed by atoms with van der Waals surface area (Å²) in [6.07, 6.45) is 2.49. The molecule has 2 N–H and O–H groups in total. The quantitative estimate of drug-likeness (QED) is 0.779. The molecule has 0 amide bonds. The monoisotopic (exact) mass is 439 g/mol. The van der Waals surface area contributed by atoms with Crippen LogP contribution >= 0.6 is 11.6 Å². The van der Waals surface area contributed by atoms with Crippen molar-refractivity contribution in [3.05, 3.63) is 64.2 Å². The Bertz CT molecular complexity index is 1130. The first-order valence-corrected chi connectivity index (χ1v) is 10.8. The van der Waals surface area contributed by atoms with Crippen LogP contribution in [0.5, 0.6) is 0 Å². The Kier molecular flexibility index (Phi) is 5.29. The molecule has 0 spiro atoms. The summed E-state index contributed by atoms with van der Waals surface area (Å²) in [5.41, 5.74) is 4.90. The highest BCUT2D eigenvalue weighted by Gasteiger charge is 2.49. The van der Waals surface area contributed by atoms with E-state index in [4.69, 9.17) is 17.3 Å². The van der Waals surface area contributed by atoms with Crippen LogP contribution in [0.4, 0.5) is 8.78 Å². The van der Waals surface area contributed by atoms with Gasteiger partial charge in [-0.15, -0.1) is 0 Å². The number of hydrogen-bond donors (Lipinski definition) is 1. The van der Waals surface area contributed by atoms with Crippen LogP contribution in [0.3, 0.4) is 0 Å². The molecule has 0 saturated carbocycles. The number of amidine groups is 1. The molecule has 154 valence electrons. The highest BCUT2D eigenvalue weighted by atomic mass is 35.5. The first kappa shape index (κ1) is 21.4. The van der Waals surface area contributed by atoms with E-state index in [1.165, 1.54) is 57.3 Å². The van der Waals surface area contributed by atoms with Crippen molar-refractivity contribution in [2.24, 2.45) is 10.7 Å². The van der Waals surface area contributed by atoms with Gasteiger partial charge in [-0.2, -0.15) is 0 Å². The zero-order chi connectivity index (χ0) is 21.6. The molecule has 0 radical (unpaired) electrons. The molecule has 1 aromatic carbocycles. The molecular formula is C20H20ClF2N3O2S. The zero-order valence-electron chi connectivity index (χ0n) is 16.1. The van der Waals surface area contributed by atoms with Crippen molar-refractivity contribution < 1.29 is 17.2 Å². The predicted octanol–water partition coefficient (Wildman–Crippen LogP) is 4.12. The number of sulfone groups is 1. The van der Waals surface area contributed by atoms with E-state index in [1.54, 1.807) is 0 Å². The first-order valence-electron chi connectivity index (χ1n) is 8.73. The van der Waals surface area contributed by atoms with E-state index in [0.717, 1.165) is 6.07 Å². The van der Waals surface area contributed by atoms with Crippen LogP contribution in [-0.2, 0) is 15.4 Å². The summed E-state index contributed by atoms with van der Waals surface area (Å²) in [5, 5.41) is 0.371. The zero-order valence-corrected chi connectivity index (χ0v) is 17.7. The van der Waals surface area contributed by atoms with Gasteiger partial charge >= 0.3 is 0 Å². The molecule has 29 heavy (non-hydrogen) atoms. The lowest BCUT2D eigenvalue weighted by Crippen LogP contribution is -2.55. The number of benzene rings is 1. The average molecular weight is 440 g/mol. The third-order valence-corrected chi connectivity index (χ3v) is 8.00. The number of pyridine rings is 1. The average Bonchev–Trinajstić information content (AvgIpc) is 2.62. The van der Waals surface area contributed by atoms with E-state index in [9.17, 15) is 17.2 Å². The lowest BCUT2D eigenvalue weighted by Gasteiger charge is -2.38. The van der Waals surface area contributed by atoms with E-state index < -0.39 is 37.5 Å². The maximum absolute atomic E-state index is 14.6. The van der Waals surface area contributed by atoms with E-state index in [1.807, 2.05) is 0 Å². The van der Waals surface area contributed by atoms with Gasteiger partial charge in [0.2, 0.25) is 0 Å². The minimum absolute atomic E-state index is 0.0186. The number of halogens is 3. The Morgan fingerprint density at radius 1 is 1.24 bits per heavy atom. The van der Waals surface area contributed by atoms with Gasteiger partial charge in [-0.05, 0) is 56.7 Å². The molecule has 0 bridgehead atoms. The van der Waals surface area contributed by atoms with Gasteiger partial charge in [0.15, 0.2) is 9.84 Å². The van der Waals surface area contributed by atoms with Crippen LogP contribution < -0.4 is 5.73 Å². The Morgan fingerprint density at radius 3 is 2.52 bits per heavy atom. The lowest BCUT2D eigenvalue weighted by molar-refractivity contribution is 0.475. The van der Waals surface area contributed by atoms with Gasteiger partial charge in [-0.1, -0.05) is 17.7 Å². The molecule has 2 heterocycles. The molecule has 9 heteroatoms.